The van der Waals surface area contributed by atoms with E-state index in [1.165, 1.54) is 5.56 Å². The fourth-order valence-corrected chi connectivity index (χ4v) is 2.64. The van der Waals surface area contributed by atoms with Gasteiger partial charge in [-0.05, 0) is 17.7 Å². The number of aliphatic carboxylic acids is 1. The molecule has 98 valence electrons. The molecule has 1 fully saturated rings. The molecule has 1 heterocycles. The van der Waals surface area contributed by atoms with Crippen molar-refractivity contribution in [2.75, 3.05) is 32.7 Å². The van der Waals surface area contributed by atoms with Gasteiger partial charge in [-0.15, -0.1) is 0 Å². The Labute approximate surface area is 115 Å². The Morgan fingerprint density at radius 3 is 2.50 bits per heavy atom. The minimum atomic E-state index is -0.740. The molecule has 5 heteroatoms. The molecule has 0 unspecified atom stereocenters. The molecule has 2 rings (SSSR count). The number of nitrogens with zero attached hydrogens (tertiary/aromatic N) is 2. The van der Waals surface area contributed by atoms with Crippen LogP contribution in [0.3, 0.4) is 0 Å². The molecule has 0 atom stereocenters. The minimum absolute atomic E-state index is 0.157. The summed E-state index contributed by atoms with van der Waals surface area (Å²) in [6.07, 6.45) is 0. The first-order chi connectivity index (χ1) is 8.63. The normalized spacial score (nSPS) is 17.8. The van der Waals surface area contributed by atoms with Crippen molar-refractivity contribution in [1.82, 2.24) is 9.80 Å². The molecule has 0 radical (unpaired) electrons. The van der Waals surface area contributed by atoms with E-state index in [1.807, 2.05) is 17.0 Å². The number of carboxylic acid groups (broad SMARTS) is 1. The van der Waals surface area contributed by atoms with Crippen molar-refractivity contribution in [3.05, 3.63) is 34.3 Å². The molecule has 0 spiro atoms. The van der Waals surface area contributed by atoms with E-state index in [0.717, 1.165) is 37.2 Å². The monoisotopic (exact) mass is 312 g/mol. The highest BCUT2D eigenvalue weighted by atomic mass is 79.9. The van der Waals surface area contributed by atoms with Crippen molar-refractivity contribution in [2.45, 2.75) is 6.54 Å². The fourth-order valence-electron chi connectivity index (χ4n) is 2.19. The molecule has 1 aromatic carbocycles. The van der Waals surface area contributed by atoms with Crippen molar-refractivity contribution in [1.29, 1.82) is 0 Å². The molecule has 1 aliphatic heterocycles. The predicted octanol–water partition coefficient (Wildman–Crippen LogP) is 1.65. The standard InChI is InChI=1S/C13H17BrN2O2/c14-12-3-1-2-11(8-12)9-15-4-6-16(7-5-15)10-13(17)18/h1-3,8H,4-7,9-10H2,(H,17,18). The summed E-state index contributed by atoms with van der Waals surface area (Å²) in [6.45, 7) is 4.62. The van der Waals surface area contributed by atoms with Crippen molar-refractivity contribution in [2.24, 2.45) is 0 Å². The first-order valence-electron chi connectivity index (χ1n) is 6.04. The van der Waals surface area contributed by atoms with Gasteiger partial charge in [-0.3, -0.25) is 14.6 Å². The van der Waals surface area contributed by atoms with Crippen LogP contribution < -0.4 is 0 Å². The van der Waals surface area contributed by atoms with Gasteiger partial charge in [0.1, 0.15) is 0 Å². The van der Waals surface area contributed by atoms with E-state index in [-0.39, 0.29) is 6.54 Å². The second kappa shape index (κ2) is 6.31. The highest BCUT2D eigenvalue weighted by molar-refractivity contribution is 9.10. The van der Waals surface area contributed by atoms with Crippen LogP contribution in [-0.4, -0.2) is 53.6 Å². The summed E-state index contributed by atoms with van der Waals surface area (Å²) >= 11 is 3.47. The summed E-state index contributed by atoms with van der Waals surface area (Å²) in [4.78, 5) is 15.0. The molecule has 1 aromatic rings. The second-order valence-corrected chi connectivity index (χ2v) is 5.49. The molecule has 1 aliphatic rings. The largest absolute Gasteiger partial charge is 0.480 e. The van der Waals surface area contributed by atoms with Gasteiger partial charge in [0, 0.05) is 37.2 Å². The first-order valence-corrected chi connectivity index (χ1v) is 6.84. The smallest absolute Gasteiger partial charge is 0.317 e. The summed E-state index contributed by atoms with van der Waals surface area (Å²) in [5.41, 5.74) is 1.29. The third-order valence-electron chi connectivity index (χ3n) is 3.12. The Kier molecular flexibility index (Phi) is 4.74. The Bertz CT molecular complexity index is 417. The zero-order valence-electron chi connectivity index (χ0n) is 10.2. The molecule has 4 nitrogen and oxygen atoms in total. The lowest BCUT2D eigenvalue weighted by atomic mass is 10.2. The highest BCUT2D eigenvalue weighted by Gasteiger charge is 2.18. The number of hydrogen-bond donors (Lipinski definition) is 1. The van der Waals surface area contributed by atoms with E-state index < -0.39 is 5.97 Å². The lowest BCUT2D eigenvalue weighted by Crippen LogP contribution is -2.47. The van der Waals surface area contributed by atoms with Gasteiger partial charge in [0.15, 0.2) is 0 Å². The Balaban J connectivity index is 1.81. The molecular formula is C13H17BrN2O2. The van der Waals surface area contributed by atoms with Crippen molar-refractivity contribution < 1.29 is 9.90 Å². The average Bonchev–Trinajstić information content (AvgIpc) is 2.31. The van der Waals surface area contributed by atoms with Crippen LogP contribution in [0.4, 0.5) is 0 Å². The molecule has 0 bridgehead atoms. The van der Waals surface area contributed by atoms with Crippen LogP contribution in [0.5, 0.6) is 0 Å². The van der Waals surface area contributed by atoms with E-state index in [1.54, 1.807) is 0 Å². The Morgan fingerprint density at radius 1 is 1.22 bits per heavy atom. The van der Waals surface area contributed by atoms with Crippen LogP contribution in [0.1, 0.15) is 5.56 Å². The SMILES string of the molecule is O=C(O)CN1CCN(Cc2cccc(Br)c2)CC1. The van der Waals surface area contributed by atoms with Crippen LogP contribution in [0, 0.1) is 0 Å². The van der Waals surface area contributed by atoms with Gasteiger partial charge in [0.25, 0.3) is 0 Å². The Morgan fingerprint density at radius 2 is 1.89 bits per heavy atom. The van der Waals surface area contributed by atoms with E-state index in [9.17, 15) is 4.79 Å². The molecule has 0 aromatic heterocycles. The topological polar surface area (TPSA) is 43.8 Å². The van der Waals surface area contributed by atoms with Gasteiger partial charge in [0.2, 0.25) is 0 Å². The highest BCUT2D eigenvalue weighted by Crippen LogP contribution is 2.14. The van der Waals surface area contributed by atoms with Crippen molar-refractivity contribution in [3.63, 3.8) is 0 Å². The number of carboxylic acids is 1. The van der Waals surface area contributed by atoms with Gasteiger partial charge in [0.05, 0.1) is 6.54 Å². The number of piperazine rings is 1. The van der Waals surface area contributed by atoms with E-state index >= 15 is 0 Å². The van der Waals surface area contributed by atoms with Crippen LogP contribution in [0.2, 0.25) is 0 Å². The van der Waals surface area contributed by atoms with Crippen LogP contribution >= 0.6 is 15.9 Å². The maximum absolute atomic E-state index is 10.6. The van der Waals surface area contributed by atoms with Crippen LogP contribution in [0.15, 0.2) is 28.7 Å². The first kappa shape index (κ1) is 13.5. The maximum atomic E-state index is 10.6. The quantitative estimate of drug-likeness (QED) is 0.918. The van der Waals surface area contributed by atoms with Gasteiger partial charge in [-0.25, -0.2) is 0 Å². The van der Waals surface area contributed by atoms with Gasteiger partial charge < -0.3 is 5.11 Å². The fraction of sp³-hybridized carbons (Fsp3) is 0.462. The van der Waals surface area contributed by atoms with E-state index in [0.29, 0.717) is 0 Å². The summed E-state index contributed by atoms with van der Waals surface area (Å²) in [7, 11) is 0. The van der Waals surface area contributed by atoms with Crippen LogP contribution in [0.25, 0.3) is 0 Å². The Hall–Kier alpha value is -0.910. The number of carbonyl (C=O) groups is 1. The third-order valence-corrected chi connectivity index (χ3v) is 3.61. The molecule has 1 saturated heterocycles. The zero-order valence-corrected chi connectivity index (χ0v) is 11.8. The zero-order chi connectivity index (χ0) is 13.0. The maximum Gasteiger partial charge on any atom is 0.317 e. The summed E-state index contributed by atoms with van der Waals surface area (Å²) in [5, 5.41) is 8.74. The van der Waals surface area contributed by atoms with Crippen LogP contribution in [-0.2, 0) is 11.3 Å². The molecule has 1 N–H and O–H groups in total. The molecule has 0 amide bonds. The van der Waals surface area contributed by atoms with E-state index in [2.05, 4.69) is 33.0 Å². The average molecular weight is 313 g/mol. The third kappa shape index (κ3) is 4.08. The van der Waals surface area contributed by atoms with E-state index in [4.69, 9.17) is 5.11 Å². The lowest BCUT2D eigenvalue weighted by molar-refractivity contribution is -0.138. The molecule has 18 heavy (non-hydrogen) atoms. The summed E-state index contributed by atoms with van der Waals surface area (Å²) in [5.74, 6) is -0.740. The van der Waals surface area contributed by atoms with Gasteiger partial charge >= 0.3 is 5.97 Å². The lowest BCUT2D eigenvalue weighted by Gasteiger charge is -2.33. The van der Waals surface area contributed by atoms with Gasteiger partial charge in [-0.2, -0.15) is 0 Å². The van der Waals surface area contributed by atoms with Gasteiger partial charge in [-0.1, -0.05) is 28.1 Å². The minimum Gasteiger partial charge on any atom is -0.480 e. The summed E-state index contributed by atoms with van der Waals surface area (Å²) in [6, 6.07) is 8.31. The predicted molar refractivity (Wildman–Crippen MR) is 73.5 cm³/mol. The van der Waals surface area contributed by atoms with Crippen molar-refractivity contribution in [3.8, 4) is 0 Å². The number of halogens is 1. The molecular weight excluding hydrogens is 296 g/mol. The molecule has 0 aliphatic carbocycles. The second-order valence-electron chi connectivity index (χ2n) is 4.58. The number of hydrogen-bond acceptors (Lipinski definition) is 3. The molecule has 0 saturated carbocycles. The number of rotatable bonds is 4. The number of benzene rings is 1. The summed E-state index contributed by atoms with van der Waals surface area (Å²) < 4.78 is 1.10. The van der Waals surface area contributed by atoms with Crippen molar-refractivity contribution >= 4 is 21.9 Å².